The molecule has 226 valence electrons. The van der Waals surface area contributed by atoms with Crippen molar-refractivity contribution < 1.29 is 40.6 Å². The second-order valence-electron chi connectivity index (χ2n) is 10.6. The van der Waals surface area contributed by atoms with Crippen molar-refractivity contribution in [3.8, 4) is 11.5 Å². The fraction of sp³-hybridized carbons (Fsp3) is 0.310. The lowest BCUT2D eigenvalue weighted by atomic mass is 9.98. The first-order chi connectivity index (χ1) is 20.5. The molecule has 2 aromatic carbocycles. The predicted octanol–water partition coefficient (Wildman–Crippen LogP) is 5.02. The van der Waals surface area contributed by atoms with E-state index in [1.165, 1.54) is 30.6 Å². The molecule has 1 atom stereocenters. The lowest BCUT2D eigenvalue weighted by Crippen LogP contribution is -2.54. The Morgan fingerprint density at radius 2 is 1.86 bits per heavy atom. The van der Waals surface area contributed by atoms with E-state index >= 15 is 8.78 Å². The second-order valence-corrected chi connectivity index (χ2v) is 12.4. The summed E-state index contributed by atoms with van der Waals surface area (Å²) in [6.45, 7) is 2.00. The van der Waals surface area contributed by atoms with E-state index in [9.17, 15) is 17.6 Å². The summed E-state index contributed by atoms with van der Waals surface area (Å²) in [5, 5.41) is 4.83. The quantitative estimate of drug-likeness (QED) is 0.285. The topological polar surface area (TPSA) is 121 Å². The molecule has 2 aromatic heterocycles. The zero-order valence-electron chi connectivity index (χ0n) is 22.9. The Bertz CT molecular complexity index is 1780. The Hall–Kier alpha value is -4.14. The third-order valence-corrected chi connectivity index (χ3v) is 9.01. The molecule has 0 saturated carbocycles. The van der Waals surface area contributed by atoms with Gasteiger partial charge in [0.15, 0.2) is 28.7 Å². The number of benzene rings is 2. The molecule has 2 fully saturated rings. The second kappa shape index (κ2) is 11.2. The molecule has 2 aliphatic rings. The van der Waals surface area contributed by atoms with Crippen LogP contribution in [0.25, 0.3) is 11.0 Å². The molecule has 4 heterocycles. The van der Waals surface area contributed by atoms with Crippen LogP contribution in [0.4, 0.5) is 23.7 Å². The lowest BCUT2D eigenvalue weighted by molar-refractivity contribution is -0.125. The summed E-state index contributed by atoms with van der Waals surface area (Å²) in [4.78, 5) is 16.5. The lowest BCUT2D eigenvalue weighted by Gasteiger charge is -2.33. The zero-order valence-corrected chi connectivity index (χ0v) is 23.7. The molecule has 6 rings (SSSR count). The van der Waals surface area contributed by atoms with Gasteiger partial charge in [-0.1, -0.05) is 17.7 Å². The van der Waals surface area contributed by atoms with E-state index in [1.54, 1.807) is 12.1 Å². The highest BCUT2D eigenvalue weighted by molar-refractivity contribution is 7.90. The number of nitrogens with zero attached hydrogens (tertiary/aromatic N) is 2. The van der Waals surface area contributed by atoms with Crippen molar-refractivity contribution in [2.75, 3.05) is 38.3 Å². The Kier molecular flexibility index (Phi) is 7.52. The number of amides is 2. The number of urea groups is 1. The van der Waals surface area contributed by atoms with Gasteiger partial charge in [-0.05, 0) is 37.1 Å². The zero-order chi connectivity index (χ0) is 30.4. The molecule has 0 radical (unpaired) electrons. The third-order valence-electron chi connectivity index (χ3n) is 7.35. The number of hydrogen-bond acceptors (Lipinski definition) is 7. The molecular formula is C29H27F3N4O6S. The summed E-state index contributed by atoms with van der Waals surface area (Å²) in [7, 11) is -4.09. The van der Waals surface area contributed by atoms with Crippen LogP contribution in [0.1, 0.15) is 23.5 Å². The summed E-state index contributed by atoms with van der Waals surface area (Å²) in [6.07, 6.45) is 3.34. The maximum atomic E-state index is 15.2. The number of aromatic nitrogens is 2. The minimum Gasteiger partial charge on any atom is -0.450 e. The molecular weight excluding hydrogens is 589 g/mol. The van der Waals surface area contributed by atoms with Crippen LogP contribution in [0, 0.1) is 18.6 Å². The minimum absolute atomic E-state index is 0.0167. The third kappa shape index (κ3) is 5.65. The molecule has 2 saturated heterocycles. The number of ether oxygens (including phenoxy) is 3. The highest BCUT2D eigenvalue weighted by Gasteiger charge is 2.39. The fourth-order valence-electron chi connectivity index (χ4n) is 4.98. The molecule has 0 bridgehead atoms. The van der Waals surface area contributed by atoms with E-state index in [0.717, 1.165) is 21.7 Å². The van der Waals surface area contributed by atoms with E-state index in [2.05, 4.69) is 15.6 Å². The molecule has 2 amide bonds. The molecule has 4 aromatic rings. The Labute approximate surface area is 244 Å². The van der Waals surface area contributed by atoms with Crippen molar-refractivity contribution in [3.05, 3.63) is 77.6 Å². The van der Waals surface area contributed by atoms with Crippen molar-refractivity contribution in [2.24, 2.45) is 0 Å². The van der Waals surface area contributed by atoms with Crippen LogP contribution in [-0.2, 0) is 19.5 Å². The van der Waals surface area contributed by atoms with E-state index in [-0.39, 0.29) is 53.0 Å². The number of aryl methyl sites for hydroxylation is 1. The summed E-state index contributed by atoms with van der Waals surface area (Å²) in [5.41, 5.74) is -0.445. The summed E-state index contributed by atoms with van der Waals surface area (Å²) in [6, 6.07) is 8.59. The van der Waals surface area contributed by atoms with Crippen LogP contribution >= 0.6 is 0 Å². The van der Waals surface area contributed by atoms with E-state index in [1.807, 2.05) is 6.92 Å². The van der Waals surface area contributed by atoms with E-state index in [4.69, 9.17) is 14.2 Å². The average molecular weight is 617 g/mol. The highest BCUT2D eigenvalue weighted by atomic mass is 32.2. The van der Waals surface area contributed by atoms with E-state index < -0.39 is 39.1 Å². The van der Waals surface area contributed by atoms with Gasteiger partial charge in [0.1, 0.15) is 5.75 Å². The largest absolute Gasteiger partial charge is 0.450 e. The van der Waals surface area contributed by atoms with E-state index in [0.29, 0.717) is 25.2 Å². The van der Waals surface area contributed by atoms with Crippen molar-refractivity contribution in [1.82, 2.24) is 14.3 Å². The van der Waals surface area contributed by atoms with Gasteiger partial charge in [-0.2, -0.15) is 0 Å². The molecule has 14 heteroatoms. The number of rotatable bonds is 8. The predicted molar refractivity (Wildman–Crippen MR) is 150 cm³/mol. The number of nitrogens with one attached hydrogen (secondary N) is 2. The van der Waals surface area contributed by atoms with Gasteiger partial charge in [-0.25, -0.2) is 35.3 Å². The molecule has 10 nitrogen and oxygen atoms in total. The number of carbonyl (C=O) groups is 1. The van der Waals surface area contributed by atoms with Crippen LogP contribution in [-0.4, -0.2) is 62.0 Å². The number of pyridine rings is 1. The van der Waals surface area contributed by atoms with Crippen LogP contribution in [0.3, 0.4) is 0 Å². The summed E-state index contributed by atoms with van der Waals surface area (Å²) >= 11 is 0. The van der Waals surface area contributed by atoms with Gasteiger partial charge in [-0.3, -0.25) is 0 Å². The molecule has 43 heavy (non-hydrogen) atoms. The van der Waals surface area contributed by atoms with Gasteiger partial charge in [0.2, 0.25) is 0 Å². The minimum atomic E-state index is -4.09. The van der Waals surface area contributed by atoms with Crippen LogP contribution in [0.15, 0.2) is 59.8 Å². The number of alkyl halides is 1. The first-order valence-corrected chi connectivity index (χ1v) is 14.9. The molecule has 2 aliphatic heterocycles. The Morgan fingerprint density at radius 3 is 2.49 bits per heavy atom. The average Bonchev–Trinajstić information content (AvgIpc) is 3.62. The maximum Gasteiger partial charge on any atom is 0.319 e. The highest BCUT2D eigenvalue weighted by Crippen LogP contribution is 2.41. The van der Waals surface area contributed by atoms with Gasteiger partial charge in [0, 0.05) is 42.7 Å². The monoisotopic (exact) mass is 616 g/mol. The first kappa shape index (κ1) is 29.0. The molecule has 0 spiro atoms. The smallest absolute Gasteiger partial charge is 0.319 e. The number of anilines is 1. The van der Waals surface area contributed by atoms with Gasteiger partial charge in [0.25, 0.3) is 10.0 Å². The van der Waals surface area contributed by atoms with Crippen LogP contribution in [0.5, 0.6) is 11.5 Å². The Morgan fingerprint density at radius 1 is 1.14 bits per heavy atom. The SMILES string of the molecule is Cc1ccc(S(=O)(=O)n2cc(C3CCOC3)c3c(Oc4c(F)cc(NC(=O)NCC5(F)COC5)cc4F)ccnc32)cc1. The van der Waals surface area contributed by atoms with Gasteiger partial charge < -0.3 is 24.8 Å². The summed E-state index contributed by atoms with van der Waals surface area (Å²) < 4.78 is 88.9. The maximum absolute atomic E-state index is 15.2. The van der Waals surface area contributed by atoms with Crippen molar-refractivity contribution in [3.63, 3.8) is 0 Å². The van der Waals surface area contributed by atoms with Crippen LogP contribution in [0.2, 0.25) is 0 Å². The molecule has 1 unspecified atom stereocenters. The Balaban J connectivity index is 1.33. The number of carbonyl (C=O) groups excluding carboxylic acids is 1. The van der Waals surface area contributed by atoms with Gasteiger partial charge in [-0.15, -0.1) is 0 Å². The van der Waals surface area contributed by atoms with Crippen LogP contribution < -0.4 is 15.4 Å². The molecule has 0 aliphatic carbocycles. The number of fused-ring (bicyclic) bond motifs is 1. The van der Waals surface area contributed by atoms with Crippen molar-refractivity contribution >= 4 is 32.8 Å². The normalized spacial score (nSPS) is 17.9. The van der Waals surface area contributed by atoms with Crippen molar-refractivity contribution in [1.29, 1.82) is 0 Å². The fourth-order valence-corrected chi connectivity index (χ4v) is 6.31. The molecule has 2 N–H and O–H groups in total. The standard InChI is InChI=1S/C29H27F3N4O6S/c1-17-2-4-20(5-3-17)43(38,39)36-12-21(18-7-9-40-13-18)25-24(6-8-33-27(25)36)42-26-22(30)10-19(11-23(26)31)35-28(37)34-14-29(32)15-41-16-29/h2-6,8,10-12,18H,7,9,13-16H2,1H3,(H2,34,35,37). The van der Waals surface area contributed by atoms with Gasteiger partial charge >= 0.3 is 6.03 Å². The number of hydrogen-bond donors (Lipinski definition) is 2. The summed E-state index contributed by atoms with van der Waals surface area (Å²) in [5.74, 6) is -3.26. The number of halogens is 3. The first-order valence-electron chi connectivity index (χ1n) is 13.4. The van der Waals surface area contributed by atoms with Gasteiger partial charge in [0.05, 0.1) is 36.6 Å². The van der Waals surface area contributed by atoms with Crippen molar-refractivity contribution in [2.45, 2.75) is 29.8 Å².